The summed E-state index contributed by atoms with van der Waals surface area (Å²) in [6, 6.07) is 8.96. The zero-order valence-corrected chi connectivity index (χ0v) is 14.0. The number of nitrogens with zero attached hydrogens (tertiary/aromatic N) is 2. The Labute approximate surface area is 133 Å². The molecule has 1 N–H and O–H groups in total. The Hall–Kier alpha value is -0.900. The van der Waals surface area contributed by atoms with Crippen LogP contribution in [0.3, 0.4) is 0 Å². The first-order valence-corrected chi connectivity index (χ1v) is 8.76. The van der Waals surface area contributed by atoms with E-state index < -0.39 is 0 Å². The molecule has 4 heterocycles. The highest BCUT2D eigenvalue weighted by Gasteiger charge is 2.63. The molecule has 0 aliphatic carbocycles. The lowest BCUT2D eigenvalue weighted by molar-refractivity contribution is -0.266. The Kier molecular flexibility index (Phi) is 3.20. The summed E-state index contributed by atoms with van der Waals surface area (Å²) in [6.45, 7) is 10.9. The quantitative estimate of drug-likeness (QED) is 0.930. The van der Waals surface area contributed by atoms with Gasteiger partial charge in [-0.3, -0.25) is 9.80 Å². The van der Waals surface area contributed by atoms with Gasteiger partial charge in [-0.1, -0.05) is 43.7 Å². The molecule has 0 spiro atoms. The van der Waals surface area contributed by atoms with Crippen LogP contribution in [0.1, 0.15) is 44.0 Å². The fourth-order valence-corrected chi connectivity index (χ4v) is 5.49. The first-order chi connectivity index (χ1) is 10.5. The van der Waals surface area contributed by atoms with Crippen molar-refractivity contribution in [2.24, 2.45) is 10.8 Å². The molecule has 4 aliphatic heterocycles. The van der Waals surface area contributed by atoms with Gasteiger partial charge in [0.05, 0.1) is 12.3 Å². The molecule has 0 radical (unpaired) electrons. The average Bonchev–Trinajstić information content (AvgIpc) is 2.51. The van der Waals surface area contributed by atoms with Gasteiger partial charge in [-0.25, -0.2) is 0 Å². The van der Waals surface area contributed by atoms with Crippen LogP contribution in [0.25, 0.3) is 0 Å². The van der Waals surface area contributed by atoms with Crippen LogP contribution >= 0.6 is 0 Å². The van der Waals surface area contributed by atoms with Crippen LogP contribution in [0.2, 0.25) is 0 Å². The van der Waals surface area contributed by atoms with Crippen molar-refractivity contribution in [3.8, 4) is 0 Å². The summed E-state index contributed by atoms with van der Waals surface area (Å²) in [5.74, 6) is 0. The molecule has 1 aromatic carbocycles. The molecule has 3 heteroatoms. The molecule has 0 amide bonds. The molecule has 120 valence electrons. The summed E-state index contributed by atoms with van der Waals surface area (Å²) in [4.78, 5) is 5.28. The third-order valence-corrected chi connectivity index (χ3v) is 6.67. The minimum Gasteiger partial charge on any atom is -0.392 e. The number of hydrogen-bond acceptors (Lipinski definition) is 3. The largest absolute Gasteiger partial charge is 0.392 e. The van der Waals surface area contributed by atoms with E-state index in [-0.39, 0.29) is 16.9 Å². The van der Waals surface area contributed by atoms with Crippen molar-refractivity contribution < 1.29 is 5.11 Å². The molecule has 4 saturated heterocycles. The van der Waals surface area contributed by atoms with E-state index in [2.05, 4.69) is 54.8 Å². The van der Waals surface area contributed by atoms with Gasteiger partial charge in [0.1, 0.15) is 0 Å². The second-order valence-corrected chi connectivity index (χ2v) is 7.93. The Morgan fingerprint density at radius 3 is 2.05 bits per heavy atom. The molecule has 1 aromatic rings. The summed E-state index contributed by atoms with van der Waals surface area (Å²) in [5.41, 5.74) is 2.91. The number of aliphatic hydroxyl groups is 1. The Morgan fingerprint density at radius 2 is 1.59 bits per heavy atom. The Balaban J connectivity index is 1.74. The highest BCUT2D eigenvalue weighted by Crippen LogP contribution is 2.56. The smallest absolute Gasteiger partial charge is 0.0887 e. The topological polar surface area (TPSA) is 26.7 Å². The van der Waals surface area contributed by atoms with E-state index in [4.69, 9.17) is 0 Å². The lowest BCUT2D eigenvalue weighted by Gasteiger charge is -2.69. The maximum atomic E-state index is 11.1. The van der Waals surface area contributed by atoms with Crippen molar-refractivity contribution in [3.63, 3.8) is 0 Å². The van der Waals surface area contributed by atoms with E-state index in [0.29, 0.717) is 6.17 Å². The number of aliphatic hydroxyl groups excluding tert-OH is 1. The molecule has 0 unspecified atom stereocenters. The van der Waals surface area contributed by atoms with Crippen LogP contribution in [-0.4, -0.2) is 47.2 Å². The van der Waals surface area contributed by atoms with Crippen LogP contribution in [0.5, 0.6) is 0 Å². The zero-order chi connectivity index (χ0) is 15.5. The third-order valence-electron chi connectivity index (χ3n) is 6.67. The molecule has 4 fully saturated rings. The minimum absolute atomic E-state index is 0.0762. The van der Waals surface area contributed by atoms with Gasteiger partial charge >= 0.3 is 0 Å². The van der Waals surface area contributed by atoms with Crippen molar-refractivity contribution in [1.82, 2.24) is 9.80 Å². The Morgan fingerprint density at radius 1 is 1.05 bits per heavy atom. The first-order valence-electron chi connectivity index (χ1n) is 8.76. The van der Waals surface area contributed by atoms with Crippen LogP contribution in [0.4, 0.5) is 0 Å². The van der Waals surface area contributed by atoms with Gasteiger partial charge in [0.25, 0.3) is 0 Å². The van der Waals surface area contributed by atoms with E-state index in [1.165, 1.54) is 11.1 Å². The fourth-order valence-electron chi connectivity index (χ4n) is 5.49. The van der Waals surface area contributed by atoms with Gasteiger partial charge in [-0.05, 0) is 25.3 Å². The molecule has 4 bridgehead atoms. The number of piperidine rings is 2. The number of benzene rings is 1. The predicted molar refractivity (Wildman–Crippen MR) is 88.5 cm³/mol. The molecule has 22 heavy (non-hydrogen) atoms. The van der Waals surface area contributed by atoms with Crippen molar-refractivity contribution >= 4 is 0 Å². The molecule has 5 rings (SSSR count). The number of aryl methyl sites for hydroxylation is 1. The lowest BCUT2D eigenvalue weighted by Crippen LogP contribution is -2.78. The summed E-state index contributed by atoms with van der Waals surface area (Å²) in [5, 5.41) is 11.1. The third kappa shape index (κ3) is 1.79. The van der Waals surface area contributed by atoms with Crippen LogP contribution in [0, 0.1) is 17.8 Å². The summed E-state index contributed by atoms with van der Waals surface area (Å²) < 4.78 is 0. The standard InChI is InChI=1S/C19H28N2O/c1-4-18-10-20-12-19(5-2,17(18)22)13-21(11-18)16(20)15-8-6-7-14(3)9-15/h6-9,16-17,22H,4-5,10-13H2,1-3H3. The van der Waals surface area contributed by atoms with E-state index in [1.807, 2.05) is 0 Å². The molecule has 3 nitrogen and oxygen atoms in total. The van der Waals surface area contributed by atoms with Crippen molar-refractivity contribution in [3.05, 3.63) is 35.4 Å². The van der Waals surface area contributed by atoms with Crippen molar-refractivity contribution in [2.45, 2.75) is 45.9 Å². The van der Waals surface area contributed by atoms with Crippen LogP contribution < -0.4 is 0 Å². The van der Waals surface area contributed by atoms with Gasteiger partial charge in [0.15, 0.2) is 0 Å². The maximum Gasteiger partial charge on any atom is 0.0887 e. The van der Waals surface area contributed by atoms with Gasteiger partial charge in [-0.15, -0.1) is 0 Å². The predicted octanol–water partition coefficient (Wildman–Crippen LogP) is 2.79. The monoisotopic (exact) mass is 300 g/mol. The highest BCUT2D eigenvalue weighted by molar-refractivity contribution is 5.28. The molecular formula is C19H28N2O. The number of rotatable bonds is 3. The summed E-state index contributed by atoms with van der Waals surface area (Å²) in [7, 11) is 0. The molecule has 0 aromatic heterocycles. The van der Waals surface area contributed by atoms with Gasteiger partial charge < -0.3 is 5.11 Å². The fraction of sp³-hybridized carbons (Fsp3) is 0.684. The van der Waals surface area contributed by atoms with E-state index in [1.54, 1.807) is 0 Å². The van der Waals surface area contributed by atoms with E-state index >= 15 is 0 Å². The van der Waals surface area contributed by atoms with Crippen LogP contribution in [0.15, 0.2) is 24.3 Å². The normalized spacial score (nSPS) is 46.2. The second kappa shape index (κ2) is 4.80. The lowest BCUT2D eigenvalue weighted by atomic mass is 9.57. The van der Waals surface area contributed by atoms with E-state index in [9.17, 15) is 5.11 Å². The van der Waals surface area contributed by atoms with E-state index in [0.717, 1.165) is 39.0 Å². The molecule has 0 atom stereocenters. The zero-order valence-electron chi connectivity index (χ0n) is 14.0. The summed E-state index contributed by atoms with van der Waals surface area (Å²) in [6.07, 6.45) is 2.42. The SMILES string of the molecule is CCC12CN3CC(CC)(CN(C1)C3c1cccc(C)c1)C2O. The van der Waals surface area contributed by atoms with Gasteiger partial charge in [0.2, 0.25) is 0 Å². The minimum atomic E-state index is -0.138. The number of hydrogen-bond donors (Lipinski definition) is 1. The maximum absolute atomic E-state index is 11.1. The van der Waals surface area contributed by atoms with Gasteiger partial charge in [0, 0.05) is 37.0 Å². The van der Waals surface area contributed by atoms with Crippen molar-refractivity contribution in [2.75, 3.05) is 26.2 Å². The molecular weight excluding hydrogens is 272 g/mol. The average molecular weight is 300 g/mol. The van der Waals surface area contributed by atoms with Gasteiger partial charge in [-0.2, -0.15) is 0 Å². The second-order valence-electron chi connectivity index (χ2n) is 7.93. The molecule has 4 aliphatic rings. The van der Waals surface area contributed by atoms with Crippen LogP contribution in [-0.2, 0) is 0 Å². The first kappa shape index (κ1) is 14.7. The summed E-state index contributed by atoms with van der Waals surface area (Å²) >= 11 is 0. The van der Waals surface area contributed by atoms with Crippen molar-refractivity contribution in [1.29, 1.82) is 0 Å². The highest BCUT2D eigenvalue weighted by atomic mass is 16.3. The molecule has 0 saturated carbocycles. The Bertz CT molecular complexity index is 545.